The first-order valence-corrected chi connectivity index (χ1v) is 18.9. The number of carbonyl (C=O) groups excluding carboxylic acids is 4. The molecule has 4 amide bonds. The Kier molecular flexibility index (Phi) is 15.1. The Morgan fingerprint density at radius 1 is 0.684 bits per heavy atom. The van der Waals surface area contributed by atoms with E-state index in [-0.39, 0.29) is 87.6 Å². The number of aromatic nitrogens is 2. The molecule has 7 N–H and O–H groups in total. The van der Waals surface area contributed by atoms with Gasteiger partial charge < -0.3 is 50.6 Å². The van der Waals surface area contributed by atoms with Crippen LogP contribution in [0.1, 0.15) is 95.4 Å². The van der Waals surface area contributed by atoms with Crippen LogP contribution in [0.25, 0.3) is 0 Å². The monoisotopic (exact) mass is 793 g/mol. The number of hydrogen-bond donors (Lipinski definition) is 7. The highest BCUT2D eigenvalue weighted by atomic mass is 16.3. The van der Waals surface area contributed by atoms with Crippen molar-refractivity contribution in [3.63, 3.8) is 0 Å². The second-order valence-electron chi connectivity index (χ2n) is 16.1. The number of amides is 4. The van der Waals surface area contributed by atoms with Crippen molar-refractivity contribution >= 4 is 23.6 Å². The van der Waals surface area contributed by atoms with E-state index in [0.29, 0.717) is 22.7 Å². The lowest BCUT2D eigenvalue weighted by atomic mass is 9.82. The molecule has 0 bridgehead atoms. The van der Waals surface area contributed by atoms with Crippen LogP contribution in [0, 0.1) is 19.3 Å². The fourth-order valence-corrected chi connectivity index (χ4v) is 6.57. The van der Waals surface area contributed by atoms with Gasteiger partial charge in [0.15, 0.2) is 11.5 Å². The van der Waals surface area contributed by atoms with Crippen LogP contribution in [0.2, 0.25) is 0 Å². The number of allylic oxidation sites excluding steroid dienone is 2. The predicted octanol–water partition coefficient (Wildman–Crippen LogP) is 2.97. The van der Waals surface area contributed by atoms with Crippen LogP contribution < -0.4 is 32.1 Å². The van der Waals surface area contributed by atoms with E-state index in [1.54, 1.807) is 55.1 Å². The number of hydrogen-bond acceptors (Lipinski definition) is 10. The smallest absolute Gasteiger partial charge is 0.223 e. The van der Waals surface area contributed by atoms with Crippen LogP contribution in [0.5, 0.6) is 11.5 Å². The molecule has 0 unspecified atom stereocenters. The van der Waals surface area contributed by atoms with Crippen LogP contribution in [-0.2, 0) is 46.4 Å². The molecular weight excluding hydrogens is 734 g/mol. The van der Waals surface area contributed by atoms with Crippen molar-refractivity contribution in [2.75, 3.05) is 13.6 Å². The van der Waals surface area contributed by atoms with Gasteiger partial charge in [0.25, 0.3) is 0 Å². The molecule has 3 rings (SSSR count). The summed E-state index contributed by atoms with van der Waals surface area (Å²) in [5.74, 6) is -2.70. The van der Waals surface area contributed by atoms with Crippen LogP contribution >= 0.6 is 0 Å². The van der Waals surface area contributed by atoms with Crippen molar-refractivity contribution in [3.05, 3.63) is 90.7 Å². The maximum absolute atomic E-state index is 13.6. The maximum atomic E-state index is 13.6. The fraction of sp³-hybridized carbons (Fsp3) is 0.512. The average molecular weight is 794 g/mol. The topological polar surface area (TPSA) is 224 Å². The number of aliphatic hydroxyl groups is 1. The first-order chi connectivity index (χ1) is 26.4. The van der Waals surface area contributed by atoms with E-state index >= 15 is 0 Å². The van der Waals surface area contributed by atoms with Gasteiger partial charge >= 0.3 is 0 Å². The van der Waals surface area contributed by atoms with E-state index in [2.05, 4.69) is 27.8 Å². The molecule has 0 spiro atoms. The Hall–Kier alpha value is -5.80. The minimum atomic E-state index is -1.25. The first kappa shape index (κ1) is 45.6. The highest BCUT2D eigenvalue weighted by molar-refractivity contribution is 5.80. The molecule has 3 heterocycles. The molecule has 0 aliphatic carbocycles. The maximum Gasteiger partial charge on any atom is 0.223 e. The largest absolute Gasteiger partial charge is 0.505 e. The SMILES string of the molecule is C=C1C=C(C)N(C)C(CNC(=O)CCC(CCC(=O)NCc2c(O)c(=O)cc(C)n2C)(CCC(=O)NCc2c(O)c(=O)cc(C)n2C)NC(=O)CC(C)(C)C)=C1O. The molecule has 1 aliphatic heterocycles. The summed E-state index contributed by atoms with van der Waals surface area (Å²) >= 11 is 0. The standard InChI is InChI=1S/C41H59N7O9/c1-24-17-25(2)46(8)28(37(24)55)21-42-33(51)11-14-41(45-36(54)20-40(5,6)7,15-12-34(52)43-22-29-38(56)31(49)18-26(3)47(29)9)16-13-35(53)44-23-30-39(57)32(50)19-27(4)48(30)10/h17-19,55-57H,1,11-16,20-23H2,2-10H3,(H,42,51)(H,43,52)(H,44,53)(H,45,54). The van der Waals surface area contributed by atoms with Gasteiger partial charge in [-0.2, -0.15) is 0 Å². The minimum absolute atomic E-state index is 0.0117. The predicted molar refractivity (Wildman–Crippen MR) is 216 cm³/mol. The summed E-state index contributed by atoms with van der Waals surface area (Å²) in [5, 5.41) is 42.8. The minimum Gasteiger partial charge on any atom is -0.505 e. The molecule has 0 fully saturated rings. The molecule has 16 nitrogen and oxygen atoms in total. The van der Waals surface area contributed by atoms with Gasteiger partial charge in [-0.05, 0) is 51.5 Å². The number of nitrogens with zero attached hydrogens (tertiary/aromatic N) is 3. The van der Waals surface area contributed by atoms with Crippen molar-refractivity contribution in [3.8, 4) is 11.5 Å². The molecule has 0 saturated heterocycles. The van der Waals surface area contributed by atoms with E-state index in [1.807, 2.05) is 27.7 Å². The summed E-state index contributed by atoms with van der Waals surface area (Å²) in [5.41, 5.74) is 0.431. The highest BCUT2D eigenvalue weighted by Crippen LogP contribution is 2.29. The molecule has 312 valence electrons. The zero-order valence-corrected chi connectivity index (χ0v) is 34.6. The molecule has 2 aromatic heterocycles. The number of carbonyl (C=O) groups is 4. The molecule has 0 radical (unpaired) electrons. The van der Waals surface area contributed by atoms with Crippen molar-refractivity contribution in [1.82, 2.24) is 35.3 Å². The second-order valence-corrected chi connectivity index (χ2v) is 16.1. The summed E-state index contributed by atoms with van der Waals surface area (Å²) in [7, 11) is 5.06. The Morgan fingerprint density at radius 2 is 1.09 bits per heavy atom. The summed E-state index contributed by atoms with van der Waals surface area (Å²) in [6, 6.07) is 2.57. The van der Waals surface area contributed by atoms with Crippen molar-refractivity contribution in [2.24, 2.45) is 19.5 Å². The lowest BCUT2D eigenvalue weighted by Gasteiger charge is -2.36. The lowest BCUT2D eigenvalue weighted by Crippen LogP contribution is -2.51. The fourth-order valence-electron chi connectivity index (χ4n) is 6.57. The van der Waals surface area contributed by atoms with E-state index < -0.39 is 51.0 Å². The molecule has 16 heteroatoms. The van der Waals surface area contributed by atoms with Crippen molar-refractivity contribution in [1.29, 1.82) is 0 Å². The molecule has 0 aromatic carbocycles. The van der Waals surface area contributed by atoms with Crippen LogP contribution in [0.3, 0.4) is 0 Å². The quantitative estimate of drug-likeness (QED) is 0.124. The van der Waals surface area contributed by atoms with E-state index in [0.717, 1.165) is 5.70 Å². The number of nitrogens with one attached hydrogen (secondary N) is 4. The van der Waals surface area contributed by atoms with Gasteiger partial charge in [0.05, 0.1) is 36.7 Å². The van der Waals surface area contributed by atoms with Gasteiger partial charge in [0, 0.05) is 87.2 Å². The Balaban J connectivity index is 1.88. The van der Waals surface area contributed by atoms with E-state index in [1.165, 1.54) is 12.1 Å². The molecule has 0 atom stereocenters. The van der Waals surface area contributed by atoms with Crippen LogP contribution in [-0.4, -0.2) is 72.1 Å². The normalized spacial score (nSPS) is 13.3. The average Bonchev–Trinajstić information content (AvgIpc) is 3.12. The lowest BCUT2D eigenvalue weighted by molar-refractivity contribution is -0.128. The van der Waals surface area contributed by atoms with Crippen LogP contribution in [0.4, 0.5) is 0 Å². The van der Waals surface area contributed by atoms with E-state index in [9.17, 15) is 44.1 Å². The third kappa shape index (κ3) is 12.3. The first-order valence-electron chi connectivity index (χ1n) is 18.9. The summed E-state index contributed by atoms with van der Waals surface area (Å²) < 4.78 is 3.18. The highest BCUT2D eigenvalue weighted by Gasteiger charge is 2.35. The van der Waals surface area contributed by atoms with Gasteiger partial charge in [0.1, 0.15) is 5.76 Å². The summed E-state index contributed by atoms with van der Waals surface area (Å²) in [4.78, 5) is 79.9. The van der Waals surface area contributed by atoms with Gasteiger partial charge in [-0.15, -0.1) is 0 Å². The molecule has 0 saturated carbocycles. The number of rotatable bonds is 17. The number of aromatic hydroxyl groups is 2. The number of pyridine rings is 2. The number of likely N-dealkylation sites (N-methyl/N-ethyl adjacent to an activating group) is 1. The van der Waals surface area contributed by atoms with Gasteiger partial charge in [-0.1, -0.05) is 27.4 Å². The summed E-state index contributed by atoms with van der Waals surface area (Å²) in [6.07, 6.45) is 1.46. The van der Waals surface area contributed by atoms with E-state index in [4.69, 9.17) is 0 Å². The Labute approximate surface area is 333 Å². The Morgan fingerprint density at radius 3 is 1.49 bits per heavy atom. The molecular formula is C41H59N7O9. The van der Waals surface area contributed by atoms with Crippen molar-refractivity contribution in [2.45, 2.75) is 105 Å². The summed E-state index contributed by atoms with van der Waals surface area (Å²) in [6.45, 7) is 14.4. The van der Waals surface area contributed by atoms with Crippen molar-refractivity contribution < 1.29 is 34.5 Å². The third-order valence-corrected chi connectivity index (χ3v) is 10.4. The number of aliphatic hydroxyl groups excluding tert-OH is 1. The third-order valence-electron chi connectivity index (χ3n) is 10.4. The second kappa shape index (κ2) is 18.9. The number of aryl methyl sites for hydroxylation is 2. The van der Waals surface area contributed by atoms with Crippen LogP contribution in [0.15, 0.2) is 57.1 Å². The molecule has 1 aliphatic rings. The van der Waals surface area contributed by atoms with Gasteiger partial charge in [-0.25, -0.2) is 0 Å². The van der Waals surface area contributed by atoms with Gasteiger partial charge in [0.2, 0.25) is 34.5 Å². The Bertz CT molecular complexity index is 1990. The zero-order valence-electron chi connectivity index (χ0n) is 34.6. The molecule has 2 aromatic rings. The molecule has 57 heavy (non-hydrogen) atoms. The zero-order chi connectivity index (χ0) is 43.0. The van der Waals surface area contributed by atoms with Gasteiger partial charge in [-0.3, -0.25) is 28.8 Å².